The van der Waals surface area contributed by atoms with E-state index < -0.39 is 18.0 Å². The fourth-order valence-electron chi connectivity index (χ4n) is 0.995. The number of rotatable bonds is 2. The molecule has 0 fully saturated rings. The van der Waals surface area contributed by atoms with Gasteiger partial charge < -0.3 is 10.2 Å². The summed E-state index contributed by atoms with van der Waals surface area (Å²) < 4.78 is 13.8. The Morgan fingerprint density at radius 3 is 2.69 bits per heavy atom. The molecule has 0 aromatic heterocycles. The highest BCUT2D eigenvalue weighted by Crippen LogP contribution is 2.25. The molecule has 0 aliphatic heterocycles. The van der Waals surface area contributed by atoms with E-state index in [0.717, 1.165) is 0 Å². The van der Waals surface area contributed by atoms with E-state index in [0.29, 0.717) is 4.47 Å². The minimum atomic E-state index is -1.53. The summed E-state index contributed by atoms with van der Waals surface area (Å²) in [7, 11) is 0. The number of hydrogen-bond donors (Lipinski definition) is 2. The molecule has 0 heterocycles. The van der Waals surface area contributed by atoms with Gasteiger partial charge in [0.15, 0.2) is 0 Å². The molecular weight excluding hydrogens is 239 g/mol. The van der Waals surface area contributed by atoms with Gasteiger partial charge in [-0.15, -0.1) is 0 Å². The van der Waals surface area contributed by atoms with Crippen LogP contribution in [0.5, 0.6) is 0 Å². The van der Waals surface area contributed by atoms with Crippen molar-refractivity contribution in [2.45, 2.75) is 12.5 Å². The quantitative estimate of drug-likeness (QED) is 0.838. The van der Waals surface area contributed by atoms with Gasteiger partial charge in [-0.05, 0) is 25.1 Å². The van der Waals surface area contributed by atoms with Gasteiger partial charge in [-0.3, -0.25) is 0 Å². The molecule has 1 aromatic rings. The van der Waals surface area contributed by atoms with Crippen LogP contribution in [0.4, 0.5) is 4.39 Å². The first kappa shape index (κ1) is 10.6. The van der Waals surface area contributed by atoms with Crippen LogP contribution in [-0.2, 0) is 5.60 Å². The Labute approximate surface area is 84.1 Å². The third-order valence-electron chi connectivity index (χ3n) is 1.82. The maximum absolute atomic E-state index is 13.2. The molecule has 1 aromatic carbocycles. The van der Waals surface area contributed by atoms with Crippen LogP contribution in [0.3, 0.4) is 0 Å². The fraction of sp³-hybridized carbons (Fsp3) is 0.333. The average Bonchev–Trinajstić information content (AvgIpc) is 2.09. The van der Waals surface area contributed by atoms with E-state index in [-0.39, 0.29) is 5.56 Å². The van der Waals surface area contributed by atoms with Crippen LogP contribution in [0.2, 0.25) is 0 Å². The highest BCUT2D eigenvalue weighted by atomic mass is 79.9. The number of aliphatic hydroxyl groups excluding tert-OH is 1. The standard InChI is InChI=1S/C9H10BrFO2/c1-9(13,5-12)7-4-6(10)2-3-8(7)11/h2-4,12-13H,5H2,1H3. The normalized spacial score (nSPS) is 15.5. The topological polar surface area (TPSA) is 40.5 Å². The van der Waals surface area contributed by atoms with Gasteiger partial charge in [0.2, 0.25) is 0 Å². The molecule has 13 heavy (non-hydrogen) atoms. The Hall–Kier alpha value is -0.450. The summed E-state index contributed by atoms with van der Waals surface area (Å²) in [6.07, 6.45) is 0. The lowest BCUT2D eigenvalue weighted by Gasteiger charge is -2.21. The monoisotopic (exact) mass is 248 g/mol. The molecule has 0 aliphatic carbocycles. The second-order valence-electron chi connectivity index (χ2n) is 3.06. The first-order valence-corrected chi connectivity index (χ1v) is 4.55. The minimum absolute atomic E-state index is 0.0874. The van der Waals surface area contributed by atoms with E-state index in [1.807, 2.05) is 0 Å². The molecule has 2 N–H and O–H groups in total. The molecule has 2 nitrogen and oxygen atoms in total. The lowest BCUT2D eigenvalue weighted by Crippen LogP contribution is -2.27. The van der Waals surface area contributed by atoms with Gasteiger partial charge in [-0.1, -0.05) is 15.9 Å². The Bertz CT molecular complexity index is 312. The van der Waals surface area contributed by atoms with Crippen LogP contribution >= 0.6 is 15.9 Å². The van der Waals surface area contributed by atoms with Gasteiger partial charge in [0, 0.05) is 10.0 Å². The van der Waals surface area contributed by atoms with E-state index in [4.69, 9.17) is 5.11 Å². The lowest BCUT2D eigenvalue weighted by atomic mass is 9.97. The van der Waals surface area contributed by atoms with Crippen LogP contribution in [-0.4, -0.2) is 16.8 Å². The molecule has 0 bridgehead atoms. The lowest BCUT2D eigenvalue weighted by molar-refractivity contribution is -0.00511. The number of hydrogen-bond acceptors (Lipinski definition) is 2. The number of aliphatic hydroxyl groups is 2. The van der Waals surface area contributed by atoms with E-state index in [1.54, 1.807) is 0 Å². The average molecular weight is 249 g/mol. The Balaban J connectivity index is 3.20. The maximum atomic E-state index is 13.2. The molecule has 72 valence electrons. The first-order valence-electron chi connectivity index (χ1n) is 3.76. The van der Waals surface area contributed by atoms with Crippen molar-refractivity contribution in [1.29, 1.82) is 0 Å². The van der Waals surface area contributed by atoms with Crippen molar-refractivity contribution >= 4 is 15.9 Å². The molecular formula is C9H10BrFO2. The van der Waals surface area contributed by atoms with Gasteiger partial charge in [-0.25, -0.2) is 4.39 Å². The Kier molecular flexibility index (Phi) is 3.05. The Morgan fingerprint density at radius 2 is 2.15 bits per heavy atom. The molecule has 0 amide bonds. The van der Waals surface area contributed by atoms with Crippen molar-refractivity contribution in [3.8, 4) is 0 Å². The predicted octanol–water partition coefficient (Wildman–Crippen LogP) is 1.79. The van der Waals surface area contributed by atoms with Crippen molar-refractivity contribution in [2.24, 2.45) is 0 Å². The summed E-state index contributed by atoms with van der Waals surface area (Å²) in [5.74, 6) is -0.526. The van der Waals surface area contributed by atoms with Crippen LogP contribution < -0.4 is 0 Å². The molecule has 4 heteroatoms. The maximum Gasteiger partial charge on any atom is 0.129 e. The summed E-state index contributed by atoms with van der Waals surface area (Å²) >= 11 is 3.16. The molecule has 0 saturated heterocycles. The SMILES string of the molecule is CC(O)(CO)c1cc(Br)ccc1F. The molecule has 1 unspecified atom stereocenters. The molecule has 0 saturated carbocycles. The minimum Gasteiger partial charge on any atom is -0.393 e. The molecule has 0 aliphatic rings. The zero-order chi connectivity index (χ0) is 10.1. The van der Waals surface area contributed by atoms with Crippen molar-refractivity contribution in [3.63, 3.8) is 0 Å². The molecule has 0 spiro atoms. The smallest absolute Gasteiger partial charge is 0.129 e. The van der Waals surface area contributed by atoms with E-state index in [2.05, 4.69) is 15.9 Å². The second kappa shape index (κ2) is 3.74. The Morgan fingerprint density at radius 1 is 1.54 bits per heavy atom. The van der Waals surface area contributed by atoms with Gasteiger partial charge in [-0.2, -0.15) is 0 Å². The summed E-state index contributed by atoms with van der Waals surface area (Å²) in [4.78, 5) is 0. The predicted molar refractivity (Wildman–Crippen MR) is 50.8 cm³/mol. The third kappa shape index (κ3) is 2.27. The van der Waals surface area contributed by atoms with Gasteiger partial charge in [0.05, 0.1) is 6.61 Å². The van der Waals surface area contributed by atoms with Crippen molar-refractivity contribution in [1.82, 2.24) is 0 Å². The largest absolute Gasteiger partial charge is 0.393 e. The summed E-state index contributed by atoms with van der Waals surface area (Å²) in [5.41, 5.74) is -1.45. The van der Waals surface area contributed by atoms with E-state index >= 15 is 0 Å². The van der Waals surface area contributed by atoms with Crippen LogP contribution in [0.25, 0.3) is 0 Å². The van der Waals surface area contributed by atoms with Crippen LogP contribution in [0.1, 0.15) is 12.5 Å². The van der Waals surface area contributed by atoms with Crippen molar-refractivity contribution < 1.29 is 14.6 Å². The van der Waals surface area contributed by atoms with E-state index in [1.165, 1.54) is 25.1 Å². The zero-order valence-electron chi connectivity index (χ0n) is 7.09. The van der Waals surface area contributed by atoms with E-state index in [9.17, 15) is 9.50 Å². The van der Waals surface area contributed by atoms with Crippen LogP contribution in [0, 0.1) is 5.82 Å². The molecule has 1 rings (SSSR count). The molecule has 1 atom stereocenters. The van der Waals surface area contributed by atoms with Crippen LogP contribution in [0.15, 0.2) is 22.7 Å². The number of benzene rings is 1. The summed E-state index contributed by atoms with van der Waals surface area (Å²) in [6.45, 7) is 0.845. The van der Waals surface area contributed by atoms with Crippen molar-refractivity contribution in [3.05, 3.63) is 34.1 Å². The summed E-state index contributed by atoms with van der Waals surface area (Å²) in [5, 5.41) is 18.4. The number of halogens is 2. The fourth-order valence-corrected chi connectivity index (χ4v) is 1.36. The van der Waals surface area contributed by atoms with Crippen molar-refractivity contribution in [2.75, 3.05) is 6.61 Å². The highest BCUT2D eigenvalue weighted by Gasteiger charge is 2.25. The summed E-state index contributed by atoms with van der Waals surface area (Å²) in [6, 6.07) is 4.22. The van der Waals surface area contributed by atoms with Gasteiger partial charge in [0.25, 0.3) is 0 Å². The third-order valence-corrected chi connectivity index (χ3v) is 2.31. The van der Waals surface area contributed by atoms with Gasteiger partial charge in [0.1, 0.15) is 11.4 Å². The first-order chi connectivity index (χ1) is 5.97. The highest BCUT2D eigenvalue weighted by molar-refractivity contribution is 9.10. The molecule has 0 radical (unpaired) electrons. The zero-order valence-corrected chi connectivity index (χ0v) is 8.68. The van der Waals surface area contributed by atoms with Gasteiger partial charge >= 0.3 is 0 Å². The second-order valence-corrected chi connectivity index (χ2v) is 3.97.